The Morgan fingerprint density at radius 2 is 2.20 bits per heavy atom. The highest BCUT2D eigenvalue weighted by Gasteiger charge is 2.36. The van der Waals surface area contributed by atoms with Crippen molar-refractivity contribution in [3.05, 3.63) is 29.3 Å². The van der Waals surface area contributed by atoms with Crippen LogP contribution in [0.2, 0.25) is 0 Å². The minimum absolute atomic E-state index is 0.385. The highest BCUT2D eigenvalue weighted by Crippen LogP contribution is 2.43. The van der Waals surface area contributed by atoms with Gasteiger partial charge in [0.25, 0.3) is 0 Å². The fourth-order valence-electron chi connectivity index (χ4n) is 3.29. The van der Waals surface area contributed by atoms with Crippen molar-refractivity contribution in [2.75, 3.05) is 20.8 Å². The maximum absolute atomic E-state index is 5.70. The summed E-state index contributed by atoms with van der Waals surface area (Å²) in [5.74, 6) is 0.951. The second kappa shape index (κ2) is 5.96. The average Bonchev–Trinajstić information content (AvgIpc) is 3.02. The molecule has 4 unspecified atom stereocenters. The minimum Gasteiger partial charge on any atom is -0.497 e. The second-order valence-electron chi connectivity index (χ2n) is 5.61. The molecule has 3 rings (SSSR count). The van der Waals surface area contributed by atoms with Gasteiger partial charge < -0.3 is 14.8 Å². The molecule has 1 aliphatic carbocycles. The van der Waals surface area contributed by atoms with Crippen molar-refractivity contribution in [1.29, 1.82) is 0 Å². The van der Waals surface area contributed by atoms with Gasteiger partial charge >= 0.3 is 0 Å². The molecule has 20 heavy (non-hydrogen) atoms. The molecule has 1 aromatic carbocycles. The Labute approximate surface area is 125 Å². The topological polar surface area (TPSA) is 30.5 Å². The van der Waals surface area contributed by atoms with Crippen LogP contribution in [0.15, 0.2) is 18.2 Å². The lowest BCUT2D eigenvalue weighted by atomic mass is 10.1. The van der Waals surface area contributed by atoms with E-state index in [1.54, 1.807) is 7.11 Å². The molecule has 1 aromatic rings. The third-order valence-corrected chi connectivity index (χ3v) is 6.21. The number of benzene rings is 1. The molecule has 2 aliphatic rings. The van der Waals surface area contributed by atoms with E-state index in [1.807, 2.05) is 0 Å². The van der Waals surface area contributed by atoms with Crippen LogP contribution >= 0.6 is 11.8 Å². The van der Waals surface area contributed by atoms with Crippen LogP contribution in [0.1, 0.15) is 30.5 Å². The summed E-state index contributed by atoms with van der Waals surface area (Å²) in [5.41, 5.74) is 2.85. The van der Waals surface area contributed by atoms with Crippen molar-refractivity contribution in [1.82, 2.24) is 5.32 Å². The van der Waals surface area contributed by atoms with Gasteiger partial charge in [0.1, 0.15) is 5.75 Å². The molecule has 0 radical (unpaired) electrons. The van der Waals surface area contributed by atoms with Gasteiger partial charge in [-0.1, -0.05) is 6.07 Å². The predicted molar refractivity (Wildman–Crippen MR) is 83.7 cm³/mol. The Morgan fingerprint density at radius 3 is 2.85 bits per heavy atom. The van der Waals surface area contributed by atoms with Crippen LogP contribution in [-0.2, 0) is 11.2 Å². The van der Waals surface area contributed by atoms with Crippen molar-refractivity contribution < 1.29 is 9.47 Å². The van der Waals surface area contributed by atoms with E-state index in [0.29, 0.717) is 22.6 Å². The van der Waals surface area contributed by atoms with Crippen LogP contribution in [0.3, 0.4) is 0 Å². The second-order valence-corrected chi connectivity index (χ2v) is 7.10. The fourth-order valence-corrected chi connectivity index (χ4v) is 4.99. The van der Waals surface area contributed by atoms with Crippen LogP contribution in [0.5, 0.6) is 5.75 Å². The molecule has 0 spiro atoms. The number of fused-ring (bicyclic) bond motifs is 1. The van der Waals surface area contributed by atoms with Crippen LogP contribution in [0.25, 0.3) is 0 Å². The van der Waals surface area contributed by atoms with Crippen molar-refractivity contribution in [2.45, 2.75) is 42.4 Å². The van der Waals surface area contributed by atoms with Crippen molar-refractivity contribution in [3.8, 4) is 5.75 Å². The summed E-state index contributed by atoms with van der Waals surface area (Å²) in [6.45, 7) is 3.11. The molecule has 4 atom stereocenters. The molecule has 1 fully saturated rings. The van der Waals surface area contributed by atoms with Gasteiger partial charge in [0.15, 0.2) is 0 Å². The Kier molecular flexibility index (Phi) is 4.24. The highest BCUT2D eigenvalue weighted by atomic mass is 32.2. The molecule has 1 aliphatic heterocycles. The van der Waals surface area contributed by atoms with Gasteiger partial charge in [-0.15, -0.1) is 0 Å². The molecular formula is C16H23NO2S. The van der Waals surface area contributed by atoms with Gasteiger partial charge in [-0.25, -0.2) is 0 Å². The summed E-state index contributed by atoms with van der Waals surface area (Å²) >= 11 is 2.10. The van der Waals surface area contributed by atoms with Gasteiger partial charge in [-0.2, -0.15) is 11.8 Å². The van der Waals surface area contributed by atoms with Gasteiger partial charge in [-0.3, -0.25) is 0 Å². The van der Waals surface area contributed by atoms with E-state index in [2.05, 4.69) is 49.2 Å². The standard InChI is InChI=1S/C16H23NO2S/c1-10-14(6-7-19-10)20-15-8-11-4-5-12(18-3)9-13(11)16(15)17-2/h4-5,9-10,14-17H,6-8H2,1-3H3. The zero-order valence-electron chi connectivity index (χ0n) is 12.4. The largest absolute Gasteiger partial charge is 0.497 e. The Hall–Kier alpha value is -0.710. The third kappa shape index (κ3) is 2.57. The van der Waals surface area contributed by atoms with E-state index < -0.39 is 0 Å². The highest BCUT2D eigenvalue weighted by molar-refractivity contribution is 8.00. The Balaban J connectivity index is 1.77. The molecule has 0 saturated carbocycles. The summed E-state index contributed by atoms with van der Waals surface area (Å²) in [4.78, 5) is 0. The molecule has 0 aromatic heterocycles. The van der Waals surface area contributed by atoms with E-state index in [0.717, 1.165) is 18.8 Å². The number of ether oxygens (including phenoxy) is 2. The summed E-state index contributed by atoms with van der Waals surface area (Å²) in [5, 5.41) is 4.72. The minimum atomic E-state index is 0.385. The number of thioether (sulfide) groups is 1. The predicted octanol–water partition coefficient (Wildman–Crippen LogP) is 2.79. The number of hydrogen-bond acceptors (Lipinski definition) is 4. The third-order valence-electron chi connectivity index (χ3n) is 4.45. The summed E-state index contributed by atoms with van der Waals surface area (Å²) in [6, 6.07) is 6.89. The van der Waals surface area contributed by atoms with Crippen LogP contribution in [0.4, 0.5) is 0 Å². The van der Waals surface area contributed by atoms with Gasteiger partial charge in [0.2, 0.25) is 0 Å². The number of hydrogen-bond donors (Lipinski definition) is 1. The first kappa shape index (κ1) is 14.2. The first-order valence-electron chi connectivity index (χ1n) is 7.34. The average molecular weight is 293 g/mol. The van der Waals surface area contributed by atoms with Crippen LogP contribution in [-0.4, -0.2) is 37.4 Å². The van der Waals surface area contributed by atoms with E-state index in [1.165, 1.54) is 17.5 Å². The Morgan fingerprint density at radius 1 is 1.35 bits per heavy atom. The molecule has 0 amide bonds. The Bertz CT molecular complexity index is 480. The number of methoxy groups -OCH3 is 1. The molecule has 1 saturated heterocycles. The molecule has 1 N–H and O–H groups in total. The summed E-state index contributed by atoms with van der Waals surface area (Å²) in [7, 11) is 3.79. The smallest absolute Gasteiger partial charge is 0.119 e. The normalized spacial score (nSPS) is 32.4. The lowest BCUT2D eigenvalue weighted by molar-refractivity contribution is 0.127. The monoisotopic (exact) mass is 293 g/mol. The van der Waals surface area contributed by atoms with Crippen LogP contribution < -0.4 is 10.1 Å². The van der Waals surface area contributed by atoms with Gasteiger partial charge in [0, 0.05) is 23.1 Å². The maximum Gasteiger partial charge on any atom is 0.119 e. The van der Waals surface area contributed by atoms with E-state index in [4.69, 9.17) is 9.47 Å². The molecule has 0 bridgehead atoms. The number of rotatable bonds is 4. The fraction of sp³-hybridized carbons (Fsp3) is 0.625. The van der Waals surface area contributed by atoms with Gasteiger partial charge in [0.05, 0.1) is 13.2 Å². The first-order chi connectivity index (χ1) is 9.72. The maximum atomic E-state index is 5.70. The molecule has 1 heterocycles. The molecular weight excluding hydrogens is 270 g/mol. The van der Waals surface area contributed by atoms with Crippen molar-refractivity contribution in [3.63, 3.8) is 0 Å². The van der Waals surface area contributed by atoms with E-state index in [-0.39, 0.29) is 0 Å². The SMILES string of the molecule is CNC1c2cc(OC)ccc2CC1SC1CCOC1C. The zero-order valence-corrected chi connectivity index (χ0v) is 13.2. The molecule has 4 heteroatoms. The first-order valence-corrected chi connectivity index (χ1v) is 8.28. The van der Waals surface area contributed by atoms with Crippen molar-refractivity contribution >= 4 is 11.8 Å². The quantitative estimate of drug-likeness (QED) is 0.925. The molecule has 3 nitrogen and oxygen atoms in total. The zero-order chi connectivity index (χ0) is 14.1. The van der Waals surface area contributed by atoms with Crippen LogP contribution in [0, 0.1) is 0 Å². The summed E-state index contributed by atoms with van der Waals surface area (Å²) < 4.78 is 11.1. The molecule has 110 valence electrons. The lowest BCUT2D eigenvalue weighted by Crippen LogP contribution is -2.27. The van der Waals surface area contributed by atoms with Crippen molar-refractivity contribution in [2.24, 2.45) is 0 Å². The van der Waals surface area contributed by atoms with E-state index in [9.17, 15) is 0 Å². The van der Waals surface area contributed by atoms with Gasteiger partial charge in [-0.05, 0) is 50.1 Å². The number of nitrogens with one attached hydrogen (secondary N) is 1. The van der Waals surface area contributed by atoms with E-state index >= 15 is 0 Å². The summed E-state index contributed by atoms with van der Waals surface area (Å²) in [6.07, 6.45) is 2.70. The lowest BCUT2D eigenvalue weighted by Gasteiger charge is -2.24.